The molecule has 4 nitrogen and oxygen atoms in total. The summed E-state index contributed by atoms with van der Waals surface area (Å²) in [5.74, 6) is 0.178. The Hall–Kier alpha value is -0.860. The van der Waals surface area contributed by atoms with E-state index < -0.39 is 12.5 Å². The molecule has 1 N–H and O–H groups in total. The molecule has 0 aliphatic carbocycles. The SMILES string of the molecule is [CH2-]P(=O)(OCCCCCCNC(=O)CCCCCCC/C=C\C/C=C\CCCCC)C(C)(C)C. The predicted octanol–water partition coefficient (Wildman–Crippen LogP) is 9.36. The molecule has 0 spiro atoms. The number of allylic oxidation sites excluding steroid dienone is 4. The fourth-order valence-corrected chi connectivity index (χ4v) is 4.21. The van der Waals surface area contributed by atoms with E-state index in [-0.39, 0.29) is 5.91 Å². The van der Waals surface area contributed by atoms with Crippen molar-refractivity contribution >= 4 is 13.3 Å². The minimum Gasteiger partial charge on any atom is -0.356 e. The third-order valence-corrected chi connectivity index (χ3v) is 8.71. The van der Waals surface area contributed by atoms with Crippen molar-refractivity contribution in [1.29, 1.82) is 0 Å². The first kappa shape index (κ1) is 33.1. The minimum atomic E-state index is -2.79. The second-order valence-electron chi connectivity index (χ2n) is 10.4. The zero-order valence-electron chi connectivity index (χ0n) is 22.9. The maximum absolute atomic E-state index is 12.3. The highest BCUT2D eigenvalue weighted by molar-refractivity contribution is 7.61. The molecular weight excluding hydrogens is 441 g/mol. The van der Waals surface area contributed by atoms with Gasteiger partial charge in [-0.15, -0.1) is 0 Å². The smallest absolute Gasteiger partial charge is 0.219 e. The van der Waals surface area contributed by atoms with Gasteiger partial charge in [0.25, 0.3) is 0 Å². The molecule has 0 aromatic heterocycles. The van der Waals surface area contributed by atoms with Crippen LogP contribution in [0.3, 0.4) is 0 Å². The zero-order valence-corrected chi connectivity index (χ0v) is 23.8. The van der Waals surface area contributed by atoms with E-state index in [0.717, 1.165) is 51.5 Å². The third-order valence-electron chi connectivity index (χ3n) is 6.07. The van der Waals surface area contributed by atoms with Crippen molar-refractivity contribution in [3.63, 3.8) is 0 Å². The predicted molar refractivity (Wildman–Crippen MR) is 150 cm³/mol. The second kappa shape index (κ2) is 21.4. The highest BCUT2D eigenvalue weighted by atomic mass is 31.2. The van der Waals surface area contributed by atoms with Crippen LogP contribution in [0.25, 0.3) is 0 Å². The van der Waals surface area contributed by atoms with E-state index in [0.29, 0.717) is 13.0 Å². The number of amides is 1. The molecule has 34 heavy (non-hydrogen) atoms. The van der Waals surface area contributed by atoms with Crippen LogP contribution in [0, 0.1) is 6.66 Å². The van der Waals surface area contributed by atoms with Gasteiger partial charge in [-0.1, -0.05) is 96.9 Å². The summed E-state index contributed by atoms with van der Waals surface area (Å²) >= 11 is 0. The summed E-state index contributed by atoms with van der Waals surface area (Å²) < 4.78 is 17.8. The lowest BCUT2D eigenvalue weighted by atomic mass is 10.1. The number of hydrogen-bond donors (Lipinski definition) is 1. The summed E-state index contributed by atoms with van der Waals surface area (Å²) in [6.45, 7) is 12.9. The van der Waals surface area contributed by atoms with E-state index in [9.17, 15) is 9.36 Å². The molecule has 1 amide bonds. The van der Waals surface area contributed by atoms with Gasteiger partial charge in [-0.2, -0.15) is 0 Å². The molecule has 0 heterocycles. The van der Waals surface area contributed by atoms with Gasteiger partial charge in [0.1, 0.15) is 0 Å². The van der Waals surface area contributed by atoms with Crippen LogP contribution in [0.1, 0.15) is 130 Å². The van der Waals surface area contributed by atoms with E-state index in [1.54, 1.807) is 0 Å². The summed E-state index contributed by atoms with van der Waals surface area (Å²) in [6.07, 6.45) is 27.0. The number of rotatable bonds is 22. The Kier molecular flexibility index (Phi) is 20.9. The lowest BCUT2D eigenvalue weighted by molar-refractivity contribution is -0.121. The van der Waals surface area contributed by atoms with Gasteiger partial charge in [0.15, 0.2) is 0 Å². The van der Waals surface area contributed by atoms with Gasteiger partial charge in [-0.3, -0.25) is 11.5 Å². The Morgan fingerprint density at radius 3 is 2.03 bits per heavy atom. The van der Waals surface area contributed by atoms with Crippen molar-refractivity contribution < 1.29 is 13.9 Å². The van der Waals surface area contributed by atoms with Gasteiger partial charge in [-0.25, -0.2) is 0 Å². The summed E-state index contributed by atoms with van der Waals surface area (Å²) in [6, 6.07) is 0. The first-order valence-electron chi connectivity index (χ1n) is 13.9. The number of carbonyl (C=O) groups is 1. The molecule has 0 bridgehead atoms. The topological polar surface area (TPSA) is 55.4 Å². The highest BCUT2D eigenvalue weighted by Gasteiger charge is 2.25. The van der Waals surface area contributed by atoms with Gasteiger partial charge in [0.05, 0.1) is 14.0 Å². The molecule has 0 radical (unpaired) electrons. The molecule has 0 aliphatic rings. The Balaban J connectivity index is 3.41. The standard InChI is InChI=1S/C29H55NO3P/c1-6-7-8-9-10-11-12-13-14-15-16-17-18-19-22-25-28(31)30-26-23-20-21-24-27-33-34(5,32)29(2,3)4/h10-11,13-14H,5-9,12,15-27H2,1-4H3,(H,30,31)/q-1/b11-10-,14-13-. The summed E-state index contributed by atoms with van der Waals surface area (Å²) in [5.41, 5.74) is 0. The van der Waals surface area contributed by atoms with Gasteiger partial charge in [0, 0.05) is 18.1 Å². The first-order valence-corrected chi connectivity index (χ1v) is 15.7. The van der Waals surface area contributed by atoms with E-state index in [1.807, 2.05) is 20.8 Å². The Bertz CT molecular complexity index is 593. The first-order chi connectivity index (χ1) is 16.2. The van der Waals surface area contributed by atoms with Crippen molar-refractivity contribution in [2.45, 2.75) is 136 Å². The van der Waals surface area contributed by atoms with Crippen molar-refractivity contribution in [3.8, 4) is 0 Å². The molecule has 0 saturated carbocycles. The van der Waals surface area contributed by atoms with Crippen LogP contribution in [0.15, 0.2) is 24.3 Å². The van der Waals surface area contributed by atoms with Crippen molar-refractivity contribution in [2.24, 2.45) is 0 Å². The van der Waals surface area contributed by atoms with Gasteiger partial charge < -0.3 is 14.4 Å². The van der Waals surface area contributed by atoms with E-state index in [4.69, 9.17) is 4.52 Å². The largest absolute Gasteiger partial charge is 0.356 e. The fourth-order valence-electron chi connectivity index (χ4n) is 3.40. The van der Waals surface area contributed by atoms with Gasteiger partial charge >= 0.3 is 0 Å². The minimum absolute atomic E-state index is 0.178. The lowest BCUT2D eigenvalue weighted by Crippen LogP contribution is -2.23. The molecule has 200 valence electrons. The van der Waals surface area contributed by atoms with Crippen molar-refractivity contribution in [1.82, 2.24) is 5.32 Å². The summed E-state index contributed by atoms with van der Waals surface area (Å²) in [5, 5.41) is 2.62. The number of nitrogens with one attached hydrogen (secondary N) is 1. The van der Waals surface area contributed by atoms with Gasteiger partial charge in [-0.05, 0) is 51.4 Å². The third kappa shape index (κ3) is 20.5. The number of carbonyl (C=O) groups excluding carboxylic acids is 1. The Labute approximate surface area is 212 Å². The van der Waals surface area contributed by atoms with E-state index >= 15 is 0 Å². The fraction of sp³-hybridized carbons (Fsp3) is 0.793. The van der Waals surface area contributed by atoms with Crippen molar-refractivity contribution in [3.05, 3.63) is 31.0 Å². The van der Waals surface area contributed by atoms with Crippen LogP contribution < -0.4 is 5.32 Å². The molecule has 1 atom stereocenters. The van der Waals surface area contributed by atoms with Crippen LogP contribution in [0.4, 0.5) is 0 Å². The quantitative estimate of drug-likeness (QED) is 0.0703. The van der Waals surface area contributed by atoms with Crippen LogP contribution in [-0.4, -0.2) is 24.2 Å². The van der Waals surface area contributed by atoms with Crippen molar-refractivity contribution in [2.75, 3.05) is 13.2 Å². The Morgan fingerprint density at radius 1 is 0.824 bits per heavy atom. The monoisotopic (exact) mass is 496 g/mol. The molecule has 0 aromatic rings. The molecule has 0 saturated heterocycles. The molecule has 0 fully saturated rings. The van der Waals surface area contributed by atoms with Crippen LogP contribution in [-0.2, 0) is 13.9 Å². The number of unbranched alkanes of at least 4 members (excludes halogenated alkanes) is 11. The van der Waals surface area contributed by atoms with E-state index in [2.05, 4.69) is 43.2 Å². The van der Waals surface area contributed by atoms with Crippen LogP contribution in [0.2, 0.25) is 0 Å². The molecular formula is C29H55NO3P-. The molecule has 0 aliphatic heterocycles. The molecule has 5 heteroatoms. The Morgan fingerprint density at radius 2 is 1.38 bits per heavy atom. The number of hydrogen-bond acceptors (Lipinski definition) is 3. The van der Waals surface area contributed by atoms with Gasteiger partial charge in [0.2, 0.25) is 5.91 Å². The van der Waals surface area contributed by atoms with Crippen LogP contribution in [0.5, 0.6) is 0 Å². The maximum atomic E-state index is 12.3. The molecule has 0 aromatic carbocycles. The normalized spacial score (nSPS) is 14.1. The lowest BCUT2D eigenvalue weighted by Gasteiger charge is -2.33. The van der Waals surface area contributed by atoms with E-state index in [1.165, 1.54) is 51.4 Å². The average Bonchev–Trinajstić information content (AvgIpc) is 2.77. The summed E-state index contributed by atoms with van der Waals surface area (Å²) in [7, 11) is -2.79. The highest BCUT2D eigenvalue weighted by Crippen LogP contribution is 2.57. The summed E-state index contributed by atoms with van der Waals surface area (Å²) in [4.78, 5) is 11.9. The molecule has 1 unspecified atom stereocenters. The zero-order chi connectivity index (χ0) is 25.5. The maximum Gasteiger partial charge on any atom is 0.219 e. The average molecular weight is 497 g/mol. The van der Waals surface area contributed by atoms with Crippen LogP contribution >= 0.6 is 7.37 Å². The second-order valence-corrected chi connectivity index (χ2v) is 13.4. The molecule has 0 rings (SSSR count).